The normalized spacial score (nSPS) is 15.3. The number of nitrogens with one attached hydrogen (secondary N) is 3. The first-order valence-electron chi connectivity index (χ1n) is 12.7. The Hall–Kier alpha value is -4.08. The Morgan fingerprint density at radius 1 is 1.13 bits per heavy atom. The molecule has 1 aliphatic heterocycles. The number of hydrogen-bond acceptors (Lipinski definition) is 6. The number of aliphatic imine (C=N–C) groups is 1. The van der Waals surface area contributed by atoms with Gasteiger partial charge in [0.05, 0.1) is 25.8 Å². The summed E-state index contributed by atoms with van der Waals surface area (Å²) in [7, 11) is 1.50. The number of carbonyl (C=O) groups is 3. The van der Waals surface area contributed by atoms with E-state index < -0.39 is 18.0 Å². The van der Waals surface area contributed by atoms with Crippen molar-refractivity contribution in [1.29, 1.82) is 0 Å². The van der Waals surface area contributed by atoms with Crippen LogP contribution in [-0.2, 0) is 20.7 Å². The molecule has 1 aliphatic rings. The average molecular weight is 525 g/mol. The van der Waals surface area contributed by atoms with E-state index in [1.54, 1.807) is 18.2 Å². The second-order valence-corrected chi connectivity index (χ2v) is 9.71. The summed E-state index contributed by atoms with van der Waals surface area (Å²) in [4.78, 5) is 40.7. The molecule has 2 aromatic carbocycles. The number of ether oxygens (including phenoxy) is 2. The zero-order valence-electron chi connectivity index (χ0n) is 22.2. The molecule has 0 aliphatic carbocycles. The number of carboxylic acids is 1. The van der Waals surface area contributed by atoms with Crippen molar-refractivity contribution in [3.05, 3.63) is 53.6 Å². The molecule has 4 N–H and O–H groups in total. The standard InChI is InChI=1S/C28H36N4O6/c1-17(2)13-23(27-29-16-20(38-27)10-12-26(34)35)30-25(33)15-19-9-11-22(24(14-19)37-4)32-28(36)31-21-8-6-5-7-18(21)3/h5-9,11,14,17,20,23H,10,12-13,15-16H2,1-4H3,(H,30,33)(H,34,35)(H2,31,32,36). The van der Waals surface area contributed by atoms with E-state index in [-0.39, 0.29) is 30.8 Å². The van der Waals surface area contributed by atoms with E-state index in [4.69, 9.17) is 14.6 Å². The third-order valence-corrected chi connectivity index (χ3v) is 6.03. The van der Waals surface area contributed by atoms with Crippen molar-refractivity contribution in [1.82, 2.24) is 5.32 Å². The SMILES string of the molecule is COc1cc(CC(=O)NC(CC(C)C)C2=NCC(CCC(=O)O)O2)ccc1NC(=O)Nc1ccccc1C. The first-order valence-corrected chi connectivity index (χ1v) is 12.7. The van der Waals surface area contributed by atoms with Crippen LogP contribution in [0.4, 0.5) is 16.2 Å². The smallest absolute Gasteiger partial charge is 0.323 e. The van der Waals surface area contributed by atoms with Crippen LogP contribution in [0.1, 0.15) is 44.2 Å². The average Bonchev–Trinajstić information content (AvgIpc) is 3.33. The van der Waals surface area contributed by atoms with Gasteiger partial charge in [0.15, 0.2) is 0 Å². The first kappa shape index (κ1) is 28.5. The minimum absolute atomic E-state index is 0.00884. The van der Waals surface area contributed by atoms with Crippen LogP contribution in [0, 0.1) is 12.8 Å². The van der Waals surface area contributed by atoms with Crippen molar-refractivity contribution in [3.8, 4) is 5.75 Å². The maximum absolute atomic E-state index is 12.9. The fourth-order valence-corrected chi connectivity index (χ4v) is 4.13. The lowest BCUT2D eigenvalue weighted by atomic mass is 10.0. The predicted octanol–water partition coefficient (Wildman–Crippen LogP) is 4.38. The molecule has 0 saturated carbocycles. The molecule has 3 rings (SSSR count). The second-order valence-electron chi connectivity index (χ2n) is 9.71. The van der Waals surface area contributed by atoms with Crippen LogP contribution >= 0.6 is 0 Å². The molecule has 3 amide bonds. The Kier molecular flexibility index (Phi) is 10.1. The van der Waals surface area contributed by atoms with E-state index in [1.807, 2.05) is 45.0 Å². The number of methoxy groups -OCH3 is 1. The monoisotopic (exact) mass is 524 g/mol. The van der Waals surface area contributed by atoms with E-state index in [0.29, 0.717) is 48.0 Å². The van der Waals surface area contributed by atoms with Crippen molar-refractivity contribution in [2.45, 2.75) is 58.6 Å². The van der Waals surface area contributed by atoms with Gasteiger partial charge in [-0.25, -0.2) is 9.79 Å². The topological polar surface area (TPSA) is 138 Å². The number of rotatable bonds is 12. The van der Waals surface area contributed by atoms with Crippen LogP contribution < -0.4 is 20.7 Å². The van der Waals surface area contributed by atoms with Crippen molar-refractivity contribution in [2.75, 3.05) is 24.3 Å². The number of amides is 3. The Morgan fingerprint density at radius 3 is 2.55 bits per heavy atom. The molecular formula is C28H36N4O6. The zero-order valence-corrected chi connectivity index (χ0v) is 22.2. The van der Waals surface area contributed by atoms with Crippen molar-refractivity contribution >= 4 is 35.2 Å². The summed E-state index contributed by atoms with van der Waals surface area (Å²) in [6, 6.07) is 11.8. The number of aryl methyl sites for hydroxylation is 1. The van der Waals surface area contributed by atoms with Gasteiger partial charge in [0.1, 0.15) is 17.9 Å². The number of benzene rings is 2. The molecule has 10 nitrogen and oxygen atoms in total. The van der Waals surface area contributed by atoms with Crippen molar-refractivity contribution < 1.29 is 29.0 Å². The van der Waals surface area contributed by atoms with E-state index in [1.165, 1.54) is 7.11 Å². The fourth-order valence-electron chi connectivity index (χ4n) is 4.13. The second kappa shape index (κ2) is 13.5. The van der Waals surface area contributed by atoms with E-state index >= 15 is 0 Å². The largest absolute Gasteiger partial charge is 0.495 e. The molecule has 2 aromatic rings. The van der Waals surface area contributed by atoms with Gasteiger partial charge in [-0.3, -0.25) is 9.59 Å². The Labute approximate surface area is 222 Å². The zero-order chi connectivity index (χ0) is 27.7. The van der Waals surface area contributed by atoms with Crippen molar-refractivity contribution in [2.24, 2.45) is 10.9 Å². The Bertz CT molecular complexity index is 1180. The molecule has 38 heavy (non-hydrogen) atoms. The van der Waals surface area contributed by atoms with Gasteiger partial charge in [0.25, 0.3) is 0 Å². The molecule has 0 bridgehead atoms. The third-order valence-electron chi connectivity index (χ3n) is 6.03. The molecule has 0 aromatic heterocycles. The van der Waals surface area contributed by atoms with Crippen molar-refractivity contribution in [3.63, 3.8) is 0 Å². The van der Waals surface area contributed by atoms with Crippen LogP contribution in [0.5, 0.6) is 5.75 Å². The summed E-state index contributed by atoms with van der Waals surface area (Å²) in [5.41, 5.74) is 2.83. The van der Waals surface area contributed by atoms with E-state index in [0.717, 1.165) is 5.56 Å². The molecule has 204 valence electrons. The number of anilines is 2. The van der Waals surface area contributed by atoms with Gasteiger partial charge in [-0.1, -0.05) is 38.1 Å². The summed E-state index contributed by atoms with van der Waals surface area (Å²) in [5, 5.41) is 17.5. The highest BCUT2D eigenvalue weighted by Gasteiger charge is 2.29. The molecular weight excluding hydrogens is 488 g/mol. The lowest BCUT2D eigenvalue weighted by molar-refractivity contribution is -0.137. The predicted molar refractivity (Wildman–Crippen MR) is 146 cm³/mol. The highest BCUT2D eigenvalue weighted by Crippen LogP contribution is 2.26. The lowest BCUT2D eigenvalue weighted by Gasteiger charge is -2.22. The van der Waals surface area contributed by atoms with Gasteiger partial charge in [0.2, 0.25) is 11.8 Å². The quantitative estimate of drug-likeness (QED) is 0.325. The molecule has 10 heteroatoms. The number of urea groups is 1. The number of nitrogens with zero attached hydrogens (tertiary/aromatic N) is 1. The number of para-hydroxylation sites is 1. The summed E-state index contributed by atoms with van der Waals surface area (Å²) in [5.74, 6) is 0.0626. The minimum atomic E-state index is -0.877. The number of carbonyl (C=O) groups excluding carboxylic acids is 2. The highest BCUT2D eigenvalue weighted by atomic mass is 16.5. The van der Waals surface area contributed by atoms with Crippen LogP contribution in [0.15, 0.2) is 47.5 Å². The number of carboxylic acid groups (broad SMARTS) is 1. The van der Waals surface area contributed by atoms with Crippen LogP contribution in [-0.4, -0.2) is 54.7 Å². The van der Waals surface area contributed by atoms with Gasteiger partial charge in [-0.05, 0) is 55.0 Å². The summed E-state index contributed by atoms with van der Waals surface area (Å²) < 4.78 is 11.3. The van der Waals surface area contributed by atoms with E-state index in [2.05, 4.69) is 20.9 Å². The van der Waals surface area contributed by atoms with E-state index in [9.17, 15) is 14.4 Å². The minimum Gasteiger partial charge on any atom is -0.495 e. The number of aliphatic carboxylic acids is 1. The molecule has 2 unspecified atom stereocenters. The molecule has 0 saturated heterocycles. The maximum atomic E-state index is 12.9. The Balaban J connectivity index is 1.60. The van der Waals surface area contributed by atoms with Crippen LogP contribution in [0.25, 0.3) is 0 Å². The maximum Gasteiger partial charge on any atom is 0.323 e. The van der Waals surface area contributed by atoms with Gasteiger partial charge < -0.3 is 30.5 Å². The van der Waals surface area contributed by atoms with Crippen LogP contribution in [0.2, 0.25) is 0 Å². The molecule has 1 heterocycles. The highest BCUT2D eigenvalue weighted by molar-refractivity contribution is 6.01. The van der Waals surface area contributed by atoms with Gasteiger partial charge in [0, 0.05) is 12.1 Å². The molecule has 0 fully saturated rings. The van der Waals surface area contributed by atoms with Gasteiger partial charge in [-0.15, -0.1) is 0 Å². The number of hydrogen-bond donors (Lipinski definition) is 4. The lowest BCUT2D eigenvalue weighted by Crippen LogP contribution is -2.43. The summed E-state index contributed by atoms with van der Waals surface area (Å²) in [6.07, 6.45) is 0.817. The fraction of sp³-hybridized carbons (Fsp3) is 0.429. The summed E-state index contributed by atoms with van der Waals surface area (Å²) >= 11 is 0. The molecule has 2 atom stereocenters. The van der Waals surface area contributed by atoms with Gasteiger partial charge in [-0.2, -0.15) is 0 Å². The molecule has 0 radical (unpaired) electrons. The Morgan fingerprint density at radius 2 is 1.87 bits per heavy atom. The molecule has 0 spiro atoms. The first-order chi connectivity index (χ1) is 18.1. The summed E-state index contributed by atoms with van der Waals surface area (Å²) in [6.45, 7) is 6.38. The van der Waals surface area contributed by atoms with Gasteiger partial charge >= 0.3 is 12.0 Å². The third kappa shape index (κ3) is 8.50. The van der Waals surface area contributed by atoms with Crippen LogP contribution in [0.3, 0.4) is 0 Å².